The monoisotopic (exact) mass is 288 g/mol. The molecule has 3 rings (SSSR count). The van der Waals surface area contributed by atoms with Crippen molar-refractivity contribution in [3.8, 4) is 0 Å². The van der Waals surface area contributed by atoms with Crippen molar-refractivity contribution in [2.75, 3.05) is 11.1 Å². The Bertz CT molecular complexity index is 783. The van der Waals surface area contributed by atoms with Gasteiger partial charge in [-0.1, -0.05) is 48.5 Å². The molecule has 0 saturated carbocycles. The topological polar surface area (TPSA) is 55.1 Å². The van der Waals surface area contributed by atoms with Crippen LogP contribution in [0, 0.1) is 0 Å². The first-order chi connectivity index (χ1) is 10.7. The first-order valence-corrected chi connectivity index (χ1v) is 7.05. The lowest BCUT2D eigenvalue weighted by Gasteiger charge is -2.10. The fraction of sp³-hybridized carbons (Fsp3) is 0. The van der Waals surface area contributed by atoms with Crippen LogP contribution in [0.1, 0.15) is 15.9 Å². The molecule has 0 bridgehead atoms. The Morgan fingerprint density at radius 2 is 1.41 bits per heavy atom. The Labute approximate surface area is 129 Å². The zero-order chi connectivity index (χ0) is 15.4. The van der Waals surface area contributed by atoms with Crippen molar-refractivity contribution in [1.29, 1.82) is 0 Å². The highest BCUT2D eigenvalue weighted by molar-refractivity contribution is 6.09. The van der Waals surface area contributed by atoms with Gasteiger partial charge in [-0.25, -0.2) is 0 Å². The SMILES string of the molecule is Nc1cc(C(=O)c2ccccc2)ccc1Nc1ccccc1. The van der Waals surface area contributed by atoms with Gasteiger partial charge in [-0.2, -0.15) is 0 Å². The van der Waals surface area contributed by atoms with Crippen molar-refractivity contribution in [1.82, 2.24) is 0 Å². The maximum absolute atomic E-state index is 12.4. The van der Waals surface area contributed by atoms with E-state index in [0.717, 1.165) is 11.4 Å². The average Bonchev–Trinajstić information content (AvgIpc) is 2.58. The average molecular weight is 288 g/mol. The summed E-state index contributed by atoms with van der Waals surface area (Å²) in [7, 11) is 0. The van der Waals surface area contributed by atoms with Gasteiger partial charge in [-0.3, -0.25) is 4.79 Å². The second-order valence-corrected chi connectivity index (χ2v) is 4.99. The number of anilines is 3. The Balaban J connectivity index is 1.85. The fourth-order valence-electron chi connectivity index (χ4n) is 2.25. The van der Waals surface area contributed by atoms with Gasteiger partial charge in [0.1, 0.15) is 0 Å². The van der Waals surface area contributed by atoms with E-state index in [9.17, 15) is 4.79 Å². The van der Waals surface area contributed by atoms with E-state index in [4.69, 9.17) is 5.73 Å². The number of rotatable bonds is 4. The predicted molar refractivity (Wildman–Crippen MR) is 90.5 cm³/mol. The molecule has 3 nitrogen and oxygen atoms in total. The molecule has 3 N–H and O–H groups in total. The minimum atomic E-state index is -0.0291. The van der Waals surface area contributed by atoms with Crippen molar-refractivity contribution < 1.29 is 4.79 Å². The second-order valence-electron chi connectivity index (χ2n) is 4.99. The molecule has 0 aromatic heterocycles. The van der Waals surface area contributed by atoms with Crippen molar-refractivity contribution in [2.24, 2.45) is 0 Å². The van der Waals surface area contributed by atoms with Crippen LogP contribution >= 0.6 is 0 Å². The molecular weight excluding hydrogens is 272 g/mol. The van der Waals surface area contributed by atoms with Crippen LogP contribution in [0.25, 0.3) is 0 Å². The number of nitrogens with two attached hydrogens (primary N) is 1. The first-order valence-electron chi connectivity index (χ1n) is 7.05. The third-order valence-electron chi connectivity index (χ3n) is 3.40. The quantitative estimate of drug-likeness (QED) is 0.557. The highest BCUT2D eigenvalue weighted by Crippen LogP contribution is 2.25. The summed E-state index contributed by atoms with van der Waals surface area (Å²) in [6.07, 6.45) is 0. The van der Waals surface area contributed by atoms with E-state index in [0.29, 0.717) is 16.8 Å². The van der Waals surface area contributed by atoms with Crippen LogP contribution in [-0.2, 0) is 0 Å². The molecule has 0 fully saturated rings. The smallest absolute Gasteiger partial charge is 0.193 e. The minimum absolute atomic E-state index is 0.0291. The molecule has 3 aromatic rings. The summed E-state index contributed by atoms with van der Waals surface area (Å²) in [5.41, 5.74) is 9.60. The second kappa shape index (κ2) is 6.14. The lowest BCUT2D eigenvalue weighted by atomic mass is 10.0. The van der Waals surface area contributed by atoms with Gasteiger partial charge in [0.15, 0.2) is 5.78 Å². The van der Waals surface area contributed by atoms with E-state index in [-0.39, 0.29) is 5.78 Å². The molecule has 0 atom stereocenters. The Hall–Kier alpha value is -3.07. The summed E-state index contributed by atoms with van der Waals surface area (Å²) in [5.74, 6) is -0.0291. The van der Waals surface area contributed by atoms with Gasteiger partial charge in [0, 0.05) is 16.8 Å². The Morgan fingerprint density at radius 1 is 0.773 bits per heavy atom. The molecule has 0 saturated heterocycles. The predicted octanol–water partition coefficient (Wildman–Crippen LogP) is 4.24. The van der Waals surface area contributed by atoms with Crippen LogP contribution in [0.15, 0.2) is 78.9 Å². The number of carbonyl (C=O) groups excluding carboxylic acids is 1. The van der Waals surface area contributed by atoms with E-state index in [1.807, 2.05) is 54.6 Å². The lowest BCUT2D eigenvalue weighted by Crippen LogP contribution is -2.03. The van der Waals surface area contributed by atoms with Gasteiger partial charge >= 0.3 is 0 Å². The molecular formula is C19H16N2O. The number of carbonyl (C=O) groups is 1. The normalized spacial score (nSPS) is 10.2. The third kappa shape index (κ3) is 2.99. The summed E-state index contributed by atoms with van der Waals surface area (Å²) >= 11 is 0. The molecule has 0 aliphatic rings. The molecule has 3 heteroatoms. The maximum Gasteiger partial charge on any atom is 0.193 e. The number of hydrogen-bond acceptors (Lipinski definition) is 3. The molecule has 0 heterocycles. The van der Waals surface area contributed by atoms with E-state index < -0.39 is 0 Å². The largest absolute Gasteiger partial charge is 0.397 e. The summed E-state index contributed by atoms with van der Waals surface area (Å²) in [4.78, 5) is 12.4. The van der Waals surface area contributed by atoms with E-state index in [2.05, 4.69) is 5.32 Å². The molecule has 0 spiro atoms. The molecule has 108 valence electrons. The molecule has 0 unspecified atom stereocenters. The third-order valence-corrected chi connectivity index (χ3v) is 3.40. The van der Waals surface area contributed by atoms with Crippen LogP contribution in [0.3, 0.4) is 0 Å². The molecule has 22 heavy (non-hydrogen) atoms. The molecule has 3 aromatic carbocycles. The number of ketones is 1. The van der Waals surface area contributed by atoms with E-state index in [1.165, 1.54) is 0 Å². The van der Waals surface area contributed by atoms with Gasteiger partial charge in [-0.15, -0.1) is 0 Å². The lowest BCUT2D eigenvalue weighted by molar-refractivity contribution is 0.103. The standard InChI is InChI=1S/C19H16N2O/c20-17-13-15(19(22)14-7-3-1-4-8-14)11-12-18(17)21-16-9-5-2-6-10-16/h1-13,21H,20H2. The highest BCUT2D eigenvalue weighted by Gasteiger charge is 2.10. The molecule has 0 aliphatic heterocycles. The van der Waals surface area contributed by atoms with Crippen LogP contribution < -0.4 is 11.1 Å². The fourth-order valence-corrected chi connectivity index (χ4v) is 2.25. The molecule has 0 aliphatic carbocycles. The van der Waals surface area contributed by atoms with Gasteiger partial charge in [0.05, 0.1) is 11.4 Å². The van der Waals surface area contributed by atoms with E-state index in [1.54, 1.807) is 24.3 Å². The van der Waals surface area contributed by atoms with Gasteiger partial charge in [0.2, 0.25) is 0 Å². The molecule has 0 radical (unpaired) electrons. The van der Waals surface area contributed by atoms with Crippen LogP contribution in [0.2, 0.25) is 0 Å². The highest BCUT2D eigenvalue weighted by atomic mass is 16.1. The summed E-state index contributed by atoms with van der Waals surface area (Å²) < 4.78 is 0. The number of nitrogens with one attached hydrogen (secondary N) is 1. The zero-order valence-electron chi connectivity index (χ0n) is 12.0. The number of para-hydroxylation sites is 1. The van der Waals surface area contributed by atoms with Gasteiger partial charge < -0.3 is 11.1 Å². The summed E-state index contributed by atoms with van der Waals surface area (Å²) in [5, 5.41) is 3.24. The summed E-state index contributed by atoms with van der Waals surface area (Å²) in [6, 6.07) is 24.3. The van der Waals surface area contributed by atoms with Crippen molar-refractivity contribution in [2.45, 2.75) is 0 Å². The first kappa shape index (κ1) is 13.9. The van der Waals surface area contributed by atoms with Crippen molar-refractivity contribution in [3.05, 3.63) is 90.0 Å². The maximum atomic E-state index is 12.4. The van der Waals surface area contributed by atoms with Crippen LogP contribution in [0.5, 0.6) is 0 Å². The summed E-state index contributed by atoms with van der Waals surface area (Å²) in [6.45, 7) is 0. The van der Waals surface area contributed by atoms with Gasteiger partial charge in [-0.05, 0) is 30.3 Å². The number of benzene rings is 3. The Morgan fingerprint density at radius 3 is 2.05 bits per heavy atom. The zero-order valence-corrected chi connectivity index (χ0v) is 12.0. The minimum Gasteiger partial charge on any atom is -0.397 e. The van der Waals surface area contributed by atoms with Crippen LogP contribution in [-0.4, -0.2) is 5.78 Å². The number of hydrogen-bond donors (Lipinski definition) is 2. The van der Waals surface area contributed by atoms with Crippen LogP contribution in [0.4, 0.5) is 17.1 Å². The van der Waals surface area contributed by atoms with Gasteiger partial charge in [0.25, 0.3) is 0 Å². The van der Waals surface area contributed by atoms with Crippen molar-refractivity contribution >= 4 is 22.8 Å². The molecule has 0 amide bonds. The van der Waals surface area contributed by atoms with Crippen molar-refractivity contribution in [3.63, 3.8) is 0 Å². The Kier molecular flexibility index (Phi) is 3.88. The van der Waals surface area contributed by atoms with E-state index >= 15 is 0 Å². The number of nitrogen functional groups attached to an aromatic ring is 1.